The zero-order valence-corrected chi connectivity index (χ0v) is 10.7. The second-order valence-electron chi connectivity index (χ2n) is 3.59. The van der Waals surface area contributed by atoms with E-state index in [0.29, 0.717) is 5.75 Å². The first-order chi connectivity index (χ1) is 8.24. The van der Waals surface area contributed by atoms with Crippen LogP contribution in [0.1, 0.15) is 5.56 Å². The summed E-state index contributed by atoms with van der Waals surface area (Å²) in [7, 11) is 0. The highest BCUT2D eigenvalue weighted by molar-refractivity contribution is 9.10. The third kappa shape index (κ3) is 3.71. The molecule has 2 nitrogen and oxygen atoms in total. The van der Waals surface area contributed by atoms with Crippen molar-refractivity contribution in [1.82, 2.24) is 0 Å². The second-order valence-corrected chi connectivity index (χ2v) is 4.51. The van der Waals surface area contributed by atoms with Crippen molar-refractivity contribution >= 4 is 21.9 Å². The summed E-state index contributed by atoms with van der Waals surface area (Å²) < 4.78 is 6.20. The van der Waals surface area contributed by atoms with E-state index in [2.05, 4.69) is 15.9 Å². The highest BCUT2D eigenvalue weighted by Crippen LogP contribution is 2.13. The summed E-state index contributed by atoms with van der Waals surface area (Å²) in [6.07, 6.45) is 0.280. The number of carbonyl (C=O) groups is 1. The second kappa shape index (κ2) is 5.64. The predicted molar refractivity (Wildman–Crippen MR) is 69.9 cm³/mol. The first kappa shape index (κ1) is 11.9. The molecule has 0 aliphatic rings. The minimum Gasteiger partial charge on any atom is -0.426 e. The Hall–Kier alpha value is -1.61. The van der Waals surface area contributed by atoms with Crippen molar-refractivity contribution in [2.45, 2.75) is 6.42 Å². The van der Waals surface area contributed by atoms with E-state index in [1.165, 1.54) is 0 Å². The molecule has 0 spiro atoms. The number of hydrogen-bond acceptors (Lipinski definition) is 2. The van der Waals surface area contributed by atoms with Crippen LogP contribution in [0.3, 0.4) is 0 Å². The Morgan fingerprint density at radius 2 is 1.65 bits per heavy atom. The van der Waals surface area contributed by atoms with Crippen molar-refractivity contribution in [2.75, 3.05) is 0 Å². The lowest BCUT2D eigenvalue weighted by Gasteiger charge is -2.04. The van der Waals surface area contributed by atoms with Gasteiger partial charge in [0.25, 0.3) is 0 Å². The maximum atomic E-state index is 11.6. The number of benzene rings is 2. The molecule has 0 aliphatic carbocycles. The molecule has 0 aromatic heterocycles. The van der Waals surface area contributed by atoms with E-state index in [4.69, 9.17) is 4.74 Å². The van der Waals surface area contributed by atoms with Gasteiger partial charge in [0.15, 0.2) is 0 Å². The smallest absolute Gasteiger partial charge is 0.315 e. The van der Waals surface area contributed by atoms with Gasteiger partial charge in [-0.05, 0) is 29.8 Å². The Balaban J connectivity index is 1.96. The number of rotatable bonds is 3. The van der Waals surface area contributed by atoms with Crippen LogP contribution in [0, 0.1) is 0 Å². The number of esters is 1. The molecule has 17 heavy (non-hydrogen) atoms. The van der Waals surface area contributed by atoms with Gasteiger partial charge in [-0.1, -0.05) is 46.3 Å². The zero-order chi connectivity index (χ0) is 12.1. The summed E-state index contributed by atoms with van der Waals surface area (Å²) in [4.78, 5) is 11.6. The average Bonchev–Trinajstić information content (AvgIpc) is 2.33. The molecule has 2 aromatic carbocycles. The summed E-state index contributed by atoms with van der Waals surface area (Å²) >= 11 is 3.35. The number of halogens is 1. The topological polar surface area (TPSA) is 26.3 Å². The van der Waals surface area contributed by atoms with Gasteiger partial charge in [0, 0.05) is 4.47 Å². The zero-order valence-electron chi connectivity index (χ0n) is 9.10. The van der Waals surface area contributed by atoms with Crippen molar-refractivity contribution in [1.29, 1.82) is 0 Å². The molecule has 0 aliphatic heterocycles. The van der Waals surface area contributed by atoms with Gasteiger partial charge in [-0.3, -0.25) is 4.79 Å². The Morgan fingerprint density at radius 1 is 1.00 bits per heavy atom. The minimum absolute atomic E-state index is 0.251. The fourth-order valence-electron chi connectivity index (χ4n) is 1.42. The molecule has 0 bridgehead atoms. The molecule has 3 heteroatoms. The summed E-state index contributed by atoms with van der Waals surface area (Å²) in [5.41, 5.74) is 0.939. The fourth-order valence-corrected chi connectivity index (χ4v) is 1.69. The van der Waals surface area contributed by atoms with Crippen molar-refractivity contribution < 1.29 is 9.53 Å². The number of carbonyl (C=O) groups excluding carboxylic acids is 1. The van der Waals surface area contributed by atoms with Gasteiger partial charge in [0.05, 0.1) is 6.42 Å². The predicted octanol–water partition coefficient (Wildman–Crippen LogP) is 3.60. The molecule has 0 N–H and O–H groups in total. The first-order valence-corrected chi connectivity index (χ1v) is 6.03. The van der Waals surface area contributed by atoms with Crippen LogP contribution >= 0.6 is 15.9 Å². The number of ether oxygens (including phenoxy) is 1. The number of hydrogen-bond donors (Lipinski definition) is 0. The van der Waals surface area contributed by atoms with Gasteiger partial charge in [-0.25, -0.2) is 0 Å². The van der Waals surface area contributed by atoms with Gasteiger partial charge < -0.3 is 4.74 Å². The summed E-state index contributed by atoms with van der Waals surface area (Å²) in [5, 5.41) is 0. The molecule has 0 atom stereocenters. The molecule has 86 valence electrons. The third-order valence-electron chi connectivity index (χ3n) is 2.24. The van der Waals surface area contributed by atoms with E-state index in [0.717, 1.165) is 10.0 Å². The van der Waals surface area contributed by atoms with Gasteiger partial charge in [0.2, 0.25) is 0 Å². The van der Waals surface area contributed by atoms with Gasteiger partial charge in [-0.2, -0.15) is 0 Å². The molecule has 0 saturated heterocycles. The van der Waals surface area contributed by atoms with Crippen LogP contribution in [0.2, 0.25) is 0 Å². The largest absolute Gasteiger partial charge is 0.426 e. The molecular formula is C14H11BrO2. The van der Waals surface area contributed by atoms with Crippen LogP contribution in [0.4, 0.5) is 0 Å². The average molecular weight is 291 g/mol. The van der Waals surface area contributed by atoms with E-state index in [1.807, 2.05) is 42.5 Å². The van der Waals surface area contributed by atoms with Crippen molar-refractivity contribution in [3.05, 3.63) is 64.6 Å². The van der Waals surface area contributed by atoms with E-state index in [1.54, 1.807) is 12.1 Å². The lowest BCUT2D eigenvalue weighted by atomic mass is 10.1. The van der Waals surface area contributed by atoms with Crippen LogP contribution in [0.25, 0.3) is 0 Å². The first-order valence-electron chi connectivity index (χ1n) is 5.24. The Kier molecular flexibility index (Phi) is 3.94. The maximum Gasteiger partial charge on any atom is 0.315 e. The SMILES string of the molecule is O=C(Cc1ccc(Br)cc1)Oc1ccccc1. The van der Waals surface area contributed by atoms with Gasteiger partial charge in [-0.15, -0.1) is 0 Å². The van der Waals surface area contributed by atoms with Crippen molar-refractivity contribution in [2.24, 2.45) is 0 Å². The fraction of sp³-hybridized carbons (Fsp3) is 0.0714. The molecule has 0 saturated carbocycles. The molecule has 0 heterocycles. The molecule has 0 radical (unpaired) electrons. The summed E-state index contributed by atoms with van der Waals surface area (Å²) in [6, 6.07) is 16.7. The molecular weight excluding hydrogens is 280 g/mol. The Morgan fingerprint density at radius 3 is 2.29 bits per heavy atom. The van der Waals surface area contributed by atoms with Crippen LogP contribution in [0.5, 0.6) is 5.75 Å². The summed E-state index contributed by atoms with van der Waals surface area (Å²) in [5.74, 6) is 0.327. The minimum atomic E-state index is -0.251. The van der Waals surface area contributed by atoms with Crippen LogP contribution in [0.15, 0.2) is 59.1 Å². The Bertz CT molecular complexity index is 491. The van der Waals surface area contributed by atoms with Gasteiger partial charge in [0.1, 0.15) is 5.75 Å². The van der Waals surface area contributed by atoms with Crippen LogP contribution in [-0.2, 0) is 11.2 Å². The van der Waals surface area contributed by atoms with Crippen LogP contribution < -0.4 is 4.74 Å². The van der Waals surface area contributed by atoms with Gasteiger partial charge >= 0.3 is 5.97 Å². The Labute approximate surface area is 108 Å². The third-order valence-corrected chi connectivity index (χ3v) is 2.77. The van der Waals surface area contributed by atoms with E-state index < -0.39 is 0 Å². The molecule has 0 fully saturated rings. The molecule has 0 amide bonds. The van der Waals surface area contributed by atoms with E-state index >= 15 is 0 Å². The molecule has 2 rings (SSSR count). The lowest BCUT2D eigenvalue weighted by molar-refractivity contribution is -0.133. The van der Waals surface area contributed by atoms with Crippen molar-refractivity contribution in [3.63, 3.8) is 0 Å². The lowest BCUT2D eigenvalue weighted by Crippen LogP contribution is -2.10. The standard InChI is InChI=1S/C14H11BrO2/c15-12-8-6-11(7-9-12)10-14(16)17-13-4-2-1-3-5-13/h1-9H,10H2. The quantitative estimate of drug-likeness (QED) is 0.638. The number of para-hydroxylation sites is 1. The van der Waals surface area contributed by atoms with Crippen molar-refractivity contribution in [3.8, 4) is 5.75 Å². The summed E-state index contributed by atoms with van der Waals surface area (Å²) in [6.45, 7) is 0. The molecule has 2 aromatic rings. The van der Waals surface area contributed by atoms with E-state index in [9.17, 15) is 4.79 Å². The maximum absolute atomic E-state index is 11.6. The highest BCUT2D eigenvalue weighted by atomic mass is 79.9. The highest BCUT2D eigenvalue weighted by Gasteiger charge is 2.05. The normalized spacial score (nSPS) is 9.94. The monoisotopic (exact) mass is 290 g/mol. The van der Waals surface area contributed by atoms with E-state index in [-0.39, 0.29) is 12.4 Å². The van der Waals surface area contributed by atoms with Crippen LogP contribution in [-0.4, -0.2) is 5.97 Å². The molecule has 0 unspecified atom stereocenters.